The van der Waals surface area contributed by atoms with Crippen LogP contribution >= 0.6 is 23.1 Å². The summed E-state index contributed by atoms with van der Waals surface area (Å²) in [7, 11) is 0. The highest BCUT2D eigenvalue weighted by Crippen LogP contribution is 2.45. The lowest BCUT2D eigenvalue weighted by Crippen LogP contribution is -2.71. The number of aliphatic carboxylic acids is 1. The number of carboxylic acid groups (broad SMARTS) is 1. The lowest BCUT2D eigenvalue weighted by molar-refractivity contribution is -0.150. The number of amidine groups is 1. The fraction of sp³-hybridized carbons (Fsp3) is 0.524. The third-order valence-electron chi connectivity index (χ3n) is 5.55. The van der Waals surface area contributed by atoms with Gasteiger partial charge in [-0.1, -0.05) is 11.2 Å². The molecule has 1 aromatic heterocycles. The van der Waals surface area contributed by atoms with Crippen molar-refractivity contribution in [1.29, 1.82) is 0 Å². The van der Waals surface area contributed by atoms with Gasteiger partial charge in [-0.15, -0.1) is 23.1 Å². The number of carbonyl (C=O) groups is 3. The molecular weight excluding hydrogens is 468 g/mol. The predicted octanol–water partition coefficient (Wildman–Crippen LogP) is 1.10. The highest BCUT2D eigenvalue weighted by Gasteiger charge is 2.56. The van der Waals surface area contributed by atoms with Crippen molar-refractivity contribution in [2.24, 2.45) is 5.16 Å². The van der Waals surface area contributed by atoms with Crippen molar-refractivity contribution in [3.05, 3.63) is 33.7 Å². The van der Waals surface area contributed by atoms with E-state index >= 15 is 0 Å². The maximum atomic E-state index is 13.0. The van der Waals surface area contributed by atoms with Gasteiger partial charge in [-0.25, -0.2) is 4.79 Å². The molecule has 0 spiro atoms. The van der Waals surface area contributed by atoms with Crippen LogP contribution in [0.2, 0.25) is 0 Å². The number of morpholine rings is 1. The summed E-state index contributed by atoms with van der Waals surface area (Å²) in [6, 6.07) is 2.96. The molecule has 1 aromatic rings. The van der Waals surface area contributed by atoms with Crippen LogP contribution in [0.1, 0.15) is 18.7 Å². The number of thioether (sulfide) groups is 1. The topological polar surface area (TPSA) is 121 Å². The van der Waals surface area contributed by atoms with Gasteiger partial charge in [0.1, 0.15) is 23.7 Å². The van der Waals surface area contributed by atoms with Crippen LogP contribution in [0.25, 0.3) is 0 Å². The Balaban J connectivity index is 1.60. The summed E-state index contributed by atoms with van der Waals surface area (Å²) in [5, 5.41) is 18.2. The first-order valence-corrected chi connectivity index (χ1v) is 12.5. The largest absolute Gasteiger partial charge is 0.477 e. The molecule has 3 aliphatic heterocycles. The number of ether oxygens (including phenoxy) is 1. The van der Waals surface area contributed by atoms with E-state index in [4.69, 9.17) is 9.57 Å². The van der Waals surface area contributed by atoms with Crippen LogP contribution in [0.3, 0.4) is 0 Å². The van der Waals surface area contributed by atoms with E-state index in [1.807, 2.05) is 29.3 Å². The molecule has 0 saturated carbocycles. The van der Waals surface area contributed by atoms with Crippen molar-refractivity contribution in [1.82, 2.24) is 15.1 Å². The van der Waals surface area contributed by atoms with Crippen LogP contribution in [0.15, 0.2) is 33.9 Å². The quantitative estimate of drug-likeness (QED) is 0.250. The Hall–Kier alpha value is -2.57. The first kappa shape index (κ1) is 23.6. The van der Waals surface area contributed by atoms with Gasteiger partial charge in [-0.05, 0) is 25.3 Å². The molecule has 3 atom stereocenters. The molecule has 2 fully saturated rings. The molecule has 1 unspecified atom stereocenters. The Morgan fingerprint density at radius 1 is 1.36 bits per heavy atom. The van der Waals surface area contributed by atoms with E-state index < -0.39 is 23.3 Å². The summed E-state index contributed by atoms with van der Waals surface area (Å²) in [4.78, 5) is 47.2. The number of rotatable bonds is 7. The number of fused-ring (bicyclic) bond motifs is 1. The van der Waals surface area contributed by atoms with Gasteiger partial charge in [0.15, 0.2) is 5.84 Å². The number of nitrogens with one attached hydrogen (secondary N) is 1. The average molecular weight is 495 g/mol. The standard InChI is InChI=1S/C21H26N4O6S2/c1-3-31-23-18(24-6-8-30-9-7-24)15-12(2)33-20-16(19(27)25(20)17(15)21(28)29)22-14(26)11-13-5-4-10-32-13/h4-5,10,12,16,20H,3,6-9,11H2,1-2H3,(H,22,26)(H,28,29)/t12-,16?,20+/m1/s1. The molecule has 10 nitrogen and oxygen atoms in total. The molecule has 178 valence electrons. The van der Waals surface area contributed by atoms with E-state index in [-0.39, 0.29) is 23.3 Å². The maximum absolute atomic E-state index is 13.0. The molecule has 0 aromatic carbocycles. The fourth-order valence-corrected chi connectivity index (χ4v) is 6.20. The molecule has 0 radical (unpaired) electrons. The molecule has 4 heterocycles. The van der Waals surface area contributed by atoms with Crippen LogP contribution in [0, 0.1) is 0 Å². The summed E-state index contributed by atoms with van der Waals surface area (Å²) in [5.41, 5.74) is 0.334. The molecule has 0 bridgehead atoms. The minimum Gasteiger partial charge on any atom is -0.477 e. The third kappa shape index (κ3) is 4.73. The van der Waals surface area contributed by atoms with Gasteiger partial charge in [-0.2, -0.15) is 0 Å². The van der Waals surface area contributed by atoms with Crippen molar-refractivity contribution in [2.45, 2.75) is 36.9 Å². The van der Waals surface area contributed by atoms with E-state index in [1.54, 1.807) is 6.92 Å². The summed E-state index contributed by atoms with van der Waals surface area (Å²) in [5.74, 6) is -1.50. The van der Waals surface area contributed by atoms with Gasteiger partial charge in [-0.3, -0.25) is 14.5 Å². The number of thiophene rings is 1. The van der Waals surface area contributed by atoms with Gasteiger partial charge in [0, 0.05) is 28.8 Å². The summed E-state index contributed by atoms with van der Waals surface area (Å²) in [6.07, 6.45) is 0.184. The highest BCUT2D eigenvalue weighted by molar-refractivity contribution is 8.01. The second-order valence-electron chi connectivity index (χ2n) is 7.68. The number of carboxylic acids is 1. The van der Waals surface area contributed by atoms with E-state index in [9.17, 15) is 19.5 Å². The number of nitrogens with zero attached hydrogens (tertiary/aromatic N) is 3. The minimum absolute atomic E-state index is 0.107. The molecule has 2 amide bonds. The smallest absolute Gasteiger partial charge is 0.353 e. The molecule has 4 rings (SSSR count). The van der Waals surface area contributed by atoms with Gasteiger partial charge >= 0.3 is 5.97 Å². The molecule has 33 heavy (non-hydrogen) atoms. The zero-order valence-corrected chi connectivity index (χ0v) is 20.0. The second kappa shape index (κ2) is 10.1. The molecule has 12 heteroatoms. The average Bonchev–Trinajstić information content (AvgIpc) is 3.31. The summed E-state index contributed by atoms with van der Waals surface area (Å²) in [6.45, 7) is 6.07. The van der Waals surface area contributed by atoms with E-state index in [0.29, 0.717) is 44.3 Å². The van der Waals surface area contributed by atoms with Crippen molar-refractivity contribution in [3.63, 3.8) is 0 Å². The SMILES string of the molecule is CCON=C(C1=C(C(=O)O)N2C(=O)C(NC(=O)Cc3cccs3)[C@@H]2S[C@@H]1C)N1CCOCC1. The highest BCUT2D eigenvalue weighted by atomic mass is 32.2. The van der Waals surface area contributed by atoms with Crippen molar-refractivity contribution in [3.8, 4) is 0 Å². The lowest BCUT2D eigenvalue weighted by Gasteiger charge is -2.51. The van der Waals surface area contributed by atoms with E-state index in [2.05, 4.69) is 10.5 Å². The van der Waals surface area contributed by atoms with Crippen LogP contribution in [-0.4, -0.2) is 88.1 Å². The zero-order chi connectivity index (χ0) is 23.5. The molecular formula is C21H26N4O6S2. The van der Waals surface area contributed by atoms with Gasteiger partial charge in [0.05, 0.1) is 19.6 Å². The van der Waals surface area contributed by atoms with Crippen LogP contribution in [0.4, 0.5) is 0 Å². The van der Waals surface area contributed by atoms with Gasteiger partial charge < -0.3 is 24.9 Å². The van der Waals surface area contributed by atoms with Crippen molar-refractivity contribution >= 4 is 46.7 Å². The molecule has 0 aliphatic carbocycles. The van der Waals surface area contributed by atoms with Crippen molar-refractivity contribution in [2.75, 3.05) is 32.9 Å². The monoisotopic (exact) mass is 494 g/mol. The summed E-state index contributed by atoms with van der Waals surface area (Å²) < 4.78 is 5.42. The predicted molar refractivity (Wildman–Crippen MR) is 124 cm³/mol. The van der Waals surface area contributed by atoms with Crippen molar-refractivity contribution < 1.29 is 29.1 Å². The first-order valence-electron chi connectivity index (χ1n) is 10.7. The maximum Gasteiger partial charge on any atom is 0.353 e. The Morgan fingerprint density at radius 3 is 2.76 bits per heavy atom. The summed E-state index contributed by atoms with van der Waals surface area (Å²) >= 11 is 2.90. The fourth-order valence-electron chi connectivity index (χ4n) is 4.05. The van der Waals surface area contributed by atoms with Crippen LogP contribution in [-0.2, 0) is 30.4 Å². The number of oxime groups is 1. The van der Waals surface area contributed by atoms with Gasteiger partial charge in [0.2, 0.25) is 5.91 Å². The Kier molecular flexibility index (Phi) is 7.25. The molecule has 2 saturated heterocycles. The number of β-lactam (4-membered cyclic amide) rings is 1. The van der Waals surface area contributed by atoms with Gasteiger partial charge in [0.25, 0.3) is 5.91 Å². The number of hydrogen-bond acceptors (Lipinski definition) is 8. The van der Waals surface area contributed by atoms with Crippen LogP contribution in [0.5, 0.6) is 0 Å². The zero-order valence-electron chi connectivity index (χ0n) is 18.4. The number of amides is 2. The van der Waals surface area contributed by atoms with E-state index in [1.165, 1.54) is 28.0 Å². The Bertz CT molecular complexity index is 973. The minimum atomic E-state index is -1.21. The molecule has 2 N–H and O–H groups in total. The van der Waals surface area contributed by atoms with E-state index in [0.717, 1.165) is 4.88 Å². The Morgan fingerprint density at radius 2 is 2.12 bits per heavy atom. The normalized spacial score (nSPS) is 25.5. The molecule has 3 aliphatic rings. The Labute approximate surface area is 199 Å². The van der Waals surface area contributed by atoms with Crippen LogP contribution < -0.4 is 5.32 Å². The lowest BCUT2D eigenvalue weighted by atomic mass is 9.99. The number of hydrogen-bond donors (Lipinski definition) is 2. The first-order chi connectivity index (χ1) is 15.9. The third-order valence-corrected chi connectivity index (χ3v) is 7.84. The second-order valence-corrected chi connectivity index (χ2v) is 10.2. The number of carbonyl (C=O) groups excluding carboxylic acids is 2.